The Hall–Kier alpha value is -0.780. The molecule has 1 aliphatic rings. The molecule has 92 valence electrons. The molecule has 0 radical (unpaired) electrons. The van der Waals surface area contributed by atoms with Crippen molar-refractivity contribution in [3.05, 3.63) is 35.9 Å². The molecule has 0 bridgehead atoms. The summed E-state index contributed by atoms with van der Waals surface area (Å²) >= 11 is 0. The summed E-state index contributed by atoms with van der Waals surface area (Å²) < 4.78 is 0. The smallest absolute Gasteiger partial charge is 0.0398 e. The van der Waals surface area contributed by atoms with E-state index in [0.29, 0.717) is 0 Å². The van der Waals surface area contributed by atoms with Gasteiger partial charge in [-0.3, -0.25) is 0 Å². The van der Waals surface area contributed by atoms with E-state index in [4.69, 9.17) is 0 Å². The van der Waals surface area contributed by atoms with E-state index in [2.05, 4.69) is 32.9 Å². The van der Waals surface area contributed by atoms with Crippen molar-refractivity contribution in [1.82, 2.24) is 0 Å². The molecule has 1 saturated carbocycles. The van der Waals surface area contributed by atoms with Crippen LogP contribution in [0.25, 0.3) is 0 Å². The normalized spacial score (nSPS) is 13.9. The Kier molecular flexibility index (Phi) is 11.7. The maximum absolute atomic E-state index is 2.12. The van der Waals surface area contributed by atoms with E-state index in [1.807, 2.05) is 18.2 Å². The van der Waals surface area contributed by atoms with E-state index in [1.165, 1.54) is 50.5 Å². The van der Waals surface area contributed by atoms with Gasteiger partial charge in [-0.25, -0.2) is 0 Å². The summed E-state index contributed by atoms with van der Waals surface area (Å²) in [6.07, 6.45) is 10.2. The second kappa shape index (κ2) is 12.3. The van der Waals surface area contributed by atoms with Crippen LogP contribution in [0.2, 0.25) is 0 Å². The van der Waals surface area contributed by atoms with Crippen molar-refractivity contribution in [1.29, 1.82) is 0 Å². The van der Waals surface area contributed by atoms with E-state index >= 15 is 0 Å². The first kappa shape index (κ1) is 15.2. The third kappa shape index (κ3) is 11.3. The van der Waals surface area contributed by atoms with Gasteiger partial charge in [0.2, 0.25) is 0 Å². The van der Waals surface area contributed by atoms with E-state index in [0.717, 1.165) is 0 Å². The van der Waals surface area contributed by atoms with Gasteiger partial charge in [0.1, 0.15) is 0 Å². The molecule has 0 amide bonds. The summed E-state index contributed by atoms with van der Waals surface area (Å²) in [5.41, 5.74) is 1.32. The van der Waals surface area contributed by atoms with Crippen LogP contribution in [-0.4, -0.2) is 0 Å². The highest BCUT2D eigenvalue weighted by Gasteiger charge is 1.95. The Morgan fingerprint density at radius 2 is 1.06 bits per heavy atom. The average Bonchev–Trinajstić information content (AvgIpc) is 2.34. The topological polar surface area (TPSA) is 0 Å². The minimum absolute atomic E-state index is 1.25. The first-order chi connectivity index (χ1) is 7.81. The Labute approximate surface area is 102 Å². The largest absolute Gasteiger partial charge is 0.0656 e. The third-order valence-corrected chi connectivity index (χ3v) is 2.44. The van der Waals surface area contributed by atoms with Gasteiger partial charge < -0.3 is 0 Å². The Morgan fingerprint density at radius 3 is 1.25 bits per heavy atom. The fourth-order valence-electron chi connectivity index (χ4n) is 1.60. The van der Waals surface area contributed by atoms with Gasteiger partial charge in [0.15, 0.2) is 0 Å². The number of rotatable bonds is 0. The van der Waals surface area contributed by atoms with Crippen LogP contribution in [0.3, 0.4) is 0 Å². The second-order valence-corrected chi connectivity index (χ2v) is 4.48. The van der Waals surface area contributed by atoms with E-state index in [9.17, 15) is 0 Å². The minimum Gasteiger partial charge on any atom is -0.0656 e. The zero-order valence-corrected chi connectivity index (χ0v) is 11.3. The number of hydrogen-bond donors (Lipinski definition) is 0. The molecular weight excluding hydrogens is 192 g/mol. The van der Waals surface area contributed by atoms with Crippen molar-refractivity contribution >= 4 is 0 Å². The van der Waals surface area contributed by atoms with Crippen molar-refractivity contribution in [3.63, 3.8) is 0 Å². The van der Waals surface area contributed by atoms with Gasteiger partial charge >= 0.3 is 0 Å². The quantitative estimate of drug-likeness (QED) is 0.522. The molecule has 0 atom stereocenters. The predicted octanol–water partition coefficient (Wildman–Crippen LogP) is 5.75. The zero-order valence-electron chi connectivity index (χ0n) is 11.3. The van der Waals surface area contributed by atoms with Crippen LogP contribution in [0.5, 0.6) is 0 Å². The summed E-state index contributed by atoms with van der Waals surface area (Å²) in [6, 6.07) is 10.3. The maximum atomic E-state index is 2.12. The Balaban J connectivity index is 0.000000230. The molecule has 0 N–H and O–H groups in total. The summed E-state index contributed by atoms with van der Waals surface area (Å²) in [6.45, 7) is 6.33. The predicted molar refractivity (Wildman–Crippen MR) is 74.8 cm³/mol. The summed E-state index contributed by atoms with van der Waals surface area (Å²) in [5, 5.41) is 0. The molecule has 0 nitrogen and oxygen atoms in total. The van der Waals surface area contributed by atoms with E-state index < -0.39 is 0 Å². The van der Waals surface area contributed by atoms with Gasteiger partial charge in [0, 0.05) is 0 Å². The van der Waals surface area contributed by atoms with Crippen LogP contribution in [-0.2, 0) is 0 Å². The molecular formula is C16H28. The summed E-state index contributed by atoms with van der Waals surface area (Å²) in [7, 11) is 0. The fraction of sp³-hybridized carbons (Fsp3) is 0.625. The molecule has 16 heavy (non-hydrogen) atoms. The van der Waals surface area contributed by atoms with Crippen molar-refractivity contribution in [2.75, 3.05) is 0 Å². The molecule has 0 aromatic heterocycles. The van der Waals surface area contributed by atoms with Crippen molar-refractivity contribution in [2.24, 2.45) is 0 Å². The zero-order chi connectivity index (χ0) is 12.1. The molecule has 0 spiro atoms. The van der Waals surface area contributed by atoms with Crippen molar-refractivity contribution in [2.45, 2.75) is 65.7 Å². The standard InChI is InChI=1S/C7H8.C6H12.C3H8/c1-7-5-3-2-4-6-7;1-2-4-6-5-3-1;1-3-2/h2-6H,1H3;1-6H2;3H2,1-2H3. The van der Waals surface area contributed by atoms with Crippen molar-refractivity contribution < 1.29 is 0 Å². The van der Waals surface area contributed by atoms with Crippen LogP contribution in [0.4, 0.5) is 0 Å². The molecule has 0 aliphatic heterocycles. The van der Waals surface area contributed by atoms with Gasteiger partial charge in [0.25, 0.3) is 0 Å². The number of benzene rings is 1. The van der Waals surface area contributed by atoms with Crippen LogP contribution in [0.1, 0.15) is 64.4 Å². The summed E-state index contributed by atoms with van der Waals surface area (Å²) in [4.78, 5) is 0. The molecule has 1 aromatic rings. The minimum atomic E-state index is 1.25. The van der Waals surface area contributed by atoms with Crippen LogP contribution >= 0.6 is 0 Å². The summed E-state index contributed by atoms with van der Waals surface area (Å²) in [5.74, 6) is 0. The van der Waals surface area contributed by atoms with Gasteiger partial charge in [-0.2, -0.15) is 0 Å². The van der Waals surface area contributed by atoms with E-state index in [-0.39, 0.29) is 0 Å². The number of hydrogen-bond acceptors (Lipinski definition) is 0. The lowest BCUT2D eigenvalue weighted by molar-refractivity contribution is 0.504. The first-order valence-electron chi connectivity index (χ1n) is 6.82. The van der Waals surface area contributed by atoms with Gasteiger partial charge in [-0.05, 0) is 6.92 Å². The van der Waals surface area contributed by atoms with Crippen LogP contribution in [0.15, 0.2) is 30.3 Å². The molecule has 0 saturated heterocycles. The highest BCUT2D eigenvalue weighted by Crippen LogP contribution is 2.15. The third-order valence-electron chi connectivity index (χ3n) is 2.44. The molecule has 0 unspecified atom stereocenters. The first-order valence-corrected chi connectivity index (χ1v) is 6.82. The van der Waals surface area contributed by atoms with Crippen molar-refractivity contribution in [3.8, 4) is 0 Å². The SMILES string of the molecule is C1CCCCC1.CCC.Cc1ccccc1. The molecule has 1 fully saturated rings. The molecule has 2 rings (SSSR count). The van der Waals surface area contributed by atoms with Crippen LogP contribution < -0.4 is 0 Å². The average molecular weight is 220 g/mol. The Bertz CT molecular complexity index is 197. The van der Waals surface area contributed by atoms with Gasteiger partial charge in [-0.1, -0.05) is 94.7 Å². The molecule has 1 aliphatic carbocycles. The maximum Gasteiger partial charge on any atom is -0.0398 e. The van der Waals surface area contributed by atoms with Gasteiger partial charge in [0.05, 0.1) is 0 Å². The van der Waals surface area contributed by atoms with Crippen LogP contribution in [0, 0.1) is 6.92 Å². The monoisotopic (exact) mass is 220 g/mol. The lowest BCUT2D eigenvalue weighted by Gasteiger charge is -2.05. The molecule has 0 heterocycles. The number of aryl methyl sites for hydroxylation is 1. The van der Waals surface area contributed by atoms with Gasteiger partial charge in [-0.15, -0.1) is 0 Å². The fourth-order valence-corrected chi connectivity index (χ4v) is 1.60. The lowest BCUT2D eigenvalue weighted by atomic mass is 10.0. The lowest BCUT2D eigenvalue weighted by Crippen LogP contribution is -1.85. The highest BCUT2D eigenvalue weighted by atomic mass is 14.0. The molecule has 0 heteroatoms. The molecule has 1 aromatic carbocycles. The highest BCUT2D eigenvalue weighted by molar-refractivity contribution is 5.11. The van der Waals surface area contributed by atoms with E-state index in [1.54, 1.807) is 0 Å². The Morgan fingerprint density at radius 1 is 0.750 bits per heavy atom. The second-order valence-electron chi connectivity index (χ2n) is 4.48.